The van der Waals surface area contributed by atoms with E-state index in [1.165, 1.54) is 12.8 Å². The SMILES string of the molecule is CCn1cc(NNc2nc(OC3CNCC34CC4)c3cc[nH]c3n2)cn1. The van der Waals surface area contributed by atoms with E-state index >= 15 is 0 Å². The molecule has 9 heteroatoms. The van der Waals surface area contributed by atoms with E-state index < -0.39 is 0 Å². The van der Waals surface area contributed by atoms with Gasteiger partial charge in [-0.25, -0.2) is 0 Å². The van der Waals surface area contributed by atoms with Gasteiger partial charge in [0, 0.05) is 37.4 Å². The van der Waals surface area contributed by atoms with Crippen LogP contribution in [0.2, 0.25) is 0 Å². The van der Waals surface area contributed by atoms with Crippen LogP contribution < -0.4 is 20.9 Å². The average Bonchev–Trinajstić information content (AvgIpc) is 3.02. The molecule has 3 aromatic rings. The molecule has 1 saturated carbocycles. The molecule has 2 fully saturated rings. The van der Waals surface area contributed by atoms with Gasteiger partial charge in [0.05, 0.1) is 17.3 Å². The molecular formula is C17H22N8O. The highest BCUT2D eigenvalue weighted by Gasteiger charge is 2.54. The van der Waals surface area contributed by atoms with Gasteiger partial charge < -0.3 is 15.0 Å². The van der Waals surface area contributed by atoms with E-state index in [0.29, 0.717) is 17.2 Å². The van der Waals surface area contributed by atoms with Gasteiger partial charge in [0.25, 0.3) is 0 Å². The molecular weight excluding hydrogens is 332 g/mol. The minimum absolute atomic E-state index is 0.166. The van der Waals surface area contributed by atoms with Crippen LogP contribution in [-0.4, -0.2) is 43.9 Å². The lowest BCUT2D eigenvalue weighted by atomic mass is 10.0. The van der Waals surface area contributed by atoms with E-state index in [2.05, 4.69) is 36.2 Å². The van der Waals surface area contributed by atoms with Gasteiger partial charge in [-0.05, 0) is 25.8 Å². The molecule has 0 radical (unpaired) electrons. The Labute approximate surface area is 150 Å². The predicted octanol–water partition coefficient (Wildman–Crippen LogP) is 1.74. The zero-order valence-electron chi connectivity index (χ0n) is 14.6. The summed E-state index contributed by atoms with van der Waals surface area (Å²) in [5.41, 5.74) is 8.02. The summed E-state index contributed by atoms with van der Waals surface area (Å²) in [6.45, 7) is 4.77. The van der Waals surface area contributed by atoms with Gasteiger partial charge in [0.1, 0.15) is 11.8 Å². The predicted molar refractivity (Wildman–Crippen MR) is 98.0 cm³/mol. The van der Waals surface area contributed by atoms with Gasteiger partial charge in [0.15, 0.2) is 0 Å². The maximum atomic E-state index is 6.32. The Morgan fingerprint density at radius 1 is 1.35 bits per heavy atom. The summed E-state index contributed by atoms with van der Waals surface area (Å²) < 4.78 is 8.16. The smallest absolute Gasteiger partial charge is 0.247 e. The maximum absolute atomic E-state index is 6.32. The third-order valence-corrected chi connectivity index (χ3v) is 5.29. The van der Waals surface area contributed by atoms with Crippen LogP contribution in [0.25, 0.3) is 11.0 Å². The second-order valence-corrected chi connectivity index (χ2v) is 7.03. The molecule has 1 aliphatic heterocycles. The van der Waals surface area contributed by atoms with Crippen molar-refractivity contribution in [2.24, 2.45) is 5.41 Å². The molecule has 9 nitrogen and oxygen atoms in total. The summed E-state index contributed by atoms with van der Waals surface area (Å²) in [7, 11) is 0. The summed E-state index contributed by atoms with van der Waals surface area (Å²) in [4.78, 5) is 12.2. The number of fused-ring (bicyclic) bond motifs is 1. The Morgan fingerprint density at radius 2 is 2.27 bits per heavy atom. The largest absolute Gasteiger partial charge is 0.472 e. The van der Waals surface area contributed by atoms with E-state index in [4.69, 9.17) is 4.74 Å². The summed E-state index contributed by atoms with van der Waals surface area (Å²) in [6, 6.07) is 1.95. The monoisotopic (exact) mass is 354 g/mol. The van der Waals surface area contributed by atoms with Gasteiger partial charge in [-0.1, -0.05) is 0 Å². The molecule has 26 heavy (non-hydrogen) atoms. The van der Waals surface area contributed by atoms with Crippen molar-refractivity contribution in [3.63, 3.8) is 0 Å². The standard InChI is InChI=1S/C17H22N8O/c1-2-25-9-11(7-20-25)23-24-16-21-14-12(3-6-19-14)15(22-16)26-13-8-18-10-17(13)4-5-17/h3,6-7,9,13,18,23H,2,4-5,8,10H2,1H3,(H2,19,21,22,24). The molecule has 0 aromatic carbocycles. The molecule has 1 aliphatic carbocycles. The van der Waals surface area contributed by atoms with Crippen LogP contribution in [0.4, 0.5) is 11.6 Å². The third kappa shape index (κ3) is 2.64. The highest BCUT2D eigenvalue weighted by Crippen LogP contribution is 2.51. The number of hydrazine groups is 1. The number of rotatable bonds is 6. The van der Waals surface area contributed by atoms with Gasteiger partial charge in [-0.3, -0.25) is 15.5 Å². The number of hydrogen-bond donors (Lipinski definition) is 4. The molecule has 1 spiro atoms. The minimum Gasteiger partial charge on any atom is -0.472 e. The third-order valence-electron chi connectivity index (χ3n) is 5.29. The van der Waals surface area contributed by atoms with Crippen LogP contribution in [0.15, 0.2) is 24.7 Å². The number of anilines is 2. The summed E-state index contributed by atoms with van der Waals surface area (Å²) in [5, 5.41) is 8.58. The number of aromatic nitrogens is 5. The van der Waals surface area contributed by atoms with Crippen molar-refractivity contribution in [1.82, 2.24) is 30.0 Å². The maximum Gasteiger partial charge on any atom is 0.247 e. The fraction of sp³-hybridized carbons (Fsp3) is 0.471. The van der Waals surface area contributed by atoms with E-state index in [9.17, 15) is 0 Å². The average molecular weight is 354 g/mol. The number of aromatic amines is 1. The van der Waals surface area contributed by atoms with E-state index in [-0.39, 0.29) is 6.10 Å². The summed E-state index contributed by atoms with van der Waals surface area (Å²) >= 11 is 0. The quantitative estimate of drug-likeness (QED) is 0.500. The van der Waals surface area contributed by atoms with Crippen molar-refractivity contribution in [1.29, 1.82) is 0 Å². The molecule has 4 heterocycles. The Morgan fingerprint density at radius 3 is 3.08 bits per heavy atom. The zero-order valence-corrected chi connectivity index (χ0v) is 14.6. The summed E-state index contributed by atoms with van der Waals surface area (Å²) in [5.74, 6) is 1.07. The molecule has 1 saturated heterocycles. The first-order chi connectivity index (χ1) is 12.8. The highest BCUT2D eigenvalue weighted by molar-refractivity contribution is 5.82. The van der Waals surface area contributed by atoms with Gasteiger partial charge in [-0.15, -0.1) is 0 Å². The number of H-pyrrole nitrogens is 1. The lowest BCUT2D eigenvalue weighted by molar-refractivity contribution is 0.157. The van der Waals surface area contributed by atoms with Crippen LogP contribution in [-0.2, 0) is 6.54 Å². The van der Waals surface area contributed by atoms with Crippen LogP contribution in [0, 0.1) is 5.41 Å². The Balaban J connectivity index is 1.38. The van der Waals surface area contributed by atoms with Crippen molar-refractivity contribution in [3.8, 4) is 5.88 Å². The van der Waals surface area contributed by atoms with Crippen LogP contribution in [0.3, 0.4) is 0 Å². The van der Waals surface area contributed by atoms with Crippen molar-refractivity contribution < 1.29 is 4.74 Å². The number of aryl methyl sites for hydroxylation is 1. The number of nitrogens with one attached hydrogen (secondary N) is 4. The molecule has 136 valence electrons. The van der Waals surface area contributed by atoms with Crippen molar-refractivity contribution >= 4 is 22.7 Å². The van der Waals surface area contributed by atoms with Crippen molar-refractivity contribution in [2.75, 3.05) is 23.9 Å². The first kappa shape index (κ1) is 15.4. The first-order valence-corrected chi connectivity index (χ1v) is 9.03. The van der Waals surface area contributed by atoms with Crippen molar-refractivity contribution in [2.45, 2.75) is 32.4 Å². The second-order valence-electron chi connectivity index (χ2n) is 7.03. The summed E-state index contributed by atoms with van der Waals surface area (Å²) in [6.07, 6.45) is 8.13. The van der Waals surface area contributed by atoms with Gasteiger partial charge >= 0.3 is 0 Å². The molecule has 1 atom stereocenters. The molecule has 4 N–H and O–H groups in total. The lowest BCUT2D eigenvalue weighted by Crippen LogP contribution is -2.27. The minimum atomic E-state index is 0.166. The molecule has 2 aliphatic rings. The number of hydrogen-bond acceptors (Lipinski definition) is 7. The molecule has 0 amide bonds. The zero-order chi connectivity index (χ0) is 17.6. The number of ether oxygens (including phenoxy) is 1. The fourth-order valence-corrected chi connectivity index (χ4v) is 3.53. The fourth-order valence-electron chi connectivity index (χ4n) is 3.53. The Bertz CT molecular complexity index is 928. The van der Waals surface area contributed by atoms with Crippen molar-refractivity contribution in [3.05, 3.63) is 24.7 Å². The van der Waals surface area contributed by atoms with Crippen LogP contribution in [0.1, 0.15) is 19.8 Å². The highest BCUT2D eigenvalue weighted by atomic mass is 16.5. The molecule has 5 rings (SSSR count). The number of nitrogens with zero attached hydrogens (tertiary/aromatic N) is 4. The Kier molecular flexibility index (Phi) is 3.49. The van der Waals surface area contributed by atoms with E-state index in [0.717, 1.165) is 36.4 Å². The normalized spacial score (nSPS) is 20.6. The van der Waals surface area contributed by atoms with Crippen LogP contribution in [0.5, 0.6) is 5.88 Å². The second kappa shape index (κ2) is 5.87. The van der Waals surface area contributed by atoms with Gasteiger partial charge in [0.2, 0.25) is 11.8 Å². The first-order valence-electron chi connectivity index (χ1n) is 9.03. The molecule has 3 aromatic heterocycles. The van der Waals surface area contributed by atoms with E-state index in [1.54, 1.807) is 6.20 Å². The topological polar surface area (TPSA) is 105 Å². The Hall–Kier alpha value is -2.81. The molecule has 1 unspecified atom stereocenters. The van der Waals surface area contributed by atoms with E-state index in [1.807, 2.05) is 30.1 Å². The van der Waals surface area contributed by atoms with Gasteiger partial charge in [-0.2, -0.15) is 15.1 Å². The molecule has 0 bridgehead atoms. The van der Waals surface area contributed by atoms with Crippen LogP contribution >= 0.6 is 0 Å². The lowest BCUT2D eigenvalue weighted by Gasteiger charge is -2.19.